The van der Waals surface area contributed by atoms with Crippen LogP contribution >= 0.6 is 0 Å². The highest BCUT2D eigenvalue weighted by atomic mass is 16.5. The summed E-state index contributed by atoms with van der Waals surface area (Å²) >= 11 is 0. The molecule has 2 aliphatic rings. The van der Waals surface area contributed by atoms with E-state index in [-0.39, 0.29) is 17.4 Å². The van der Waals surface area contributed by atoms with Gasteiger partial charge in [-0.1, -0.05) is 44.2 Å². The Bertz CT molecular complexity index is 996. The van der Waals surface area contributed by atoms with Crippen LogP contribution in [0.1, 0.15) is 45.2 Å². The average Bonchev–Trinajstić information content (AvgIpc) is 2.91. The molecular formula is C25H30N2O3. The lowest BCUT2D eigenvalue weighted by atomic mass is 9.74. The molecule has 5 heteroatoms. The molecule has 158 valence electrons. The second-order valence-electron chi connectivity index (χ2n) is 8.77. The van der Waals surface area contributed by atoms with Gasteiger partial charge in [0.1, 0.15) is 5.66 Å². The van der Waals surface area contributed by atoms with E-state index in [0.29, 0.717) is 18.7 Å². The van der Waals surface area contributed by atoms with Gasteiger partial charge in [-0.3, -0.25) is 4.79 Å². The number of hydrogen-bond donors (Lipinski definition) is 1. The van der Waals surface area contributed by atoms with Crippen LogP contribution in [0.25, 0.3) is 6.08 Å². The Kier molecular flexibility index (Phi) is 5.00. The number of benzene rings is 2. The number of fused-ring (bicyclic) bond motifs is 3. The molecule has 5 nitrogen and oxygen atoms in total. The van der Waals surface area contributed by atoms with Gasteiger partial charge in [0.2, 0.25) is 5.91 Å². The fourth-order valence-electron chi connectivity index (χ4n) is 4.68. The third kappa shape index (κ3) is 3.13. The molecule has 0 bridgehead atoms. The van der Waals surface area contributed by atoms with E-state index in [2.05, 4.69) is 60.5 Å². The van der Waals surface area contributed by atoms with Crippen molar-refractivity contribution in [3.8, 4) is 11.5 Å². The highest BCUT2D eigenvalue weighted by molar-refractivity contribution is 5.84. The van der Waals surface area contributed by atoms with Crippen molar-refractivity contribution in [1.82, 2.24) is 5.32 Å². The van der Waals surface area contributed by atoms with Gasteiger partial charge in [0.05, 0.1) is 13.2 Å². The Labute approximate surface area is 178 Å². The summed E-state index contributed by atoms with van der Waals surface area (Å²) in [5.74, 6) is 1.50. The van der Waals surface area contributed by atoms with Crippen molar-refractivity contribution in [2.24, 2.45) is 0 Å². The van der Waals surface area contributed by atoms with Crippen LogP contribution < -0.4 is 19.7 Å². The van der Waals surface area contributed by atoms with Crippen LogP contribution in [0.5, 0.6) is 11.5 Å². The molecule has 2 aromatic carbocycles. The van der Waals surface area contributed by atoms with E-state index in [1.54, 1.807) is 7.11 Å². The van der Waals surface area contributed by atoms with Crippen molar-refractivity contribution in [2.45, 2.75) is 51.3 Å². The first kappa shape index (κ1) is 20.3. The molecule has 1 amide bonds. The number of para-hydroxylation sites is 1. The first-order chi connectivity index (χ1) is 14.3. The number of anilines is 1. The third-order valence-corrected chi connectivity index (χ3v) is 6.21. The van der Waals surface area contributed by atoms with E-state index >= 15 is 0 Å². The number of carbonyl (C=O) groups excluding carboxylic acids is 1. The highest BCUT2D eigenvalue weighted by Gasteiger charge is 2.57. The van der Waals surface area contributed by atoms with Gasteiger partial charge >= 0.3 is 0 Å². The van der Waals surface area contributed by atoms with Crippen molar-refractivity contribution in [1.29, 1.82) is 0 Å². The van der Waals surface area contributed by atoms with Crippen molar-refractivity contribution in [3.05, 3.63) is 59.7 Å². The smallest absolute Gasteiger partial charge is 0.223 e. The number of rotatable bonds is 5. The normalized spacial score (nSPS) is 22.1. The first-order valence-corrected chi connectivity index (χ1v) is 10.5. The molecule has 1 atom stereocenters. The van der Waals surface area contributed by atoms with E-state index < -0.39 is 5.66 Å². The summed E-state index contributed by atoms with van der Waals surface area (Å²) in [4.78, 5) is 14.8. The minimum Gasteiger partial charge on any atom is -0.493 e. The molecule has 0 aromatic heterocycles. The maximum Gasteiger partial charge on any atom is 0.223 e. The summed E-state index contributed by atoms with van der Waals surface area (Å²) in [7, 11) is 1.65. The van der Waals surface area contributed by atoms with Gasteiger partial charge < -0.3 is 19.7 Å². The number of ether oxygens (including phenoxy) is 2. The second kappa shape index (κ2) is 7.38. The maximum atomic E-state index is 12.5. The molecule has 2 aromatic rings. The van der Waals surface area contributed by atoms with E-state index in [9.17, 15) is 4.79 Å². The van der Waals surface area contributed by atoms with Gasteiger partial charge in [-0.15, -0.1) is 0 Å². The summed E-state index contributed by atoms with van der Waals surface area (Å²) in [6, 6.07) is 14.3. The summed E-state index contributed by atoms with van der Waals surface area (Å²) in [5, 5.41) is 3.31. The predicted octanol–water partition coefficient (Wildman–Crippen LogP) is 4.51. The topological polar surface area (TPSA) is 50.8 Å². The Balaban J connectivity index is 1.75. The van der Waals surface area contributed by atoms with Crippen LogP contribution in [-0.2, 0) is 10.2 Å². The quantitative estimate of drug-likeness (QED) is 0.794. The molecule has 30 heavy (non-hydrogen) atoms. The van der Waals surface area contributed by atoms with E-state index in [0.717, 1.165) is 11.3 Å². The Morgan fingerprint density at radius 2 is 1.90 bits per heavy atom. The molecule has 1 fully saturated rings. The Morgan fingerprint density at radius 1 is 1.13 bits per heavy atom. The minimum absolute atomic E-state index is 0.0722. The van der Waals surface area contributed by atoms with E-state index in [4.69, 9.17) is 9.47 Å². The summed E-state index contributed by atoms with van der Waals surface area (Å²) < 4.78 is 11.4. The largest absolute Gasteiger partial charge is 0.493 e. The van der Waals surface area contributed by atoms with Crippen LogP contribution in [0.2, 0.25) is 0 Å². The fraction of sp³-hybridized carbons (Fsp3) is 0.400. The van der Waals surface area contributed by atoms with Crippen LogP contribution in [0, 0.1) is 0 Å². The fourth-order valence-corrected chi connectivity index (χ4v) is 4.68. The molecule has 4 rings (SSSR count). The van der Waals surface area contributed by atoms with Crippen molar-refractivity contribution in [2.75, 3.05) is 18.6 Å². The van der Waals surface area contributed by atoms with Crippen LogP contribution in [0.3, 0.4) is 0 Å². The molecule has 0 unspecified atom stereocenters. The molecule has 0 aliphatic carbocycles. The molecule has 2 aliphatic heterocycles. The first-order valence-electron chi connectivity index (χ1n) is 10.5. The van der Waals surface area contributed by atoms with Crippen LogP contribution in [-0.4, -0.2) is 31.3 Å². The zero-order valence-electron chi connectivity index (χ0n) is 18.4. The lowest BCUT2D eigenvalue weighted by Gasteiger charge is -2.49. The van der Waals surface area contributed by atoms with Gasteiger partial charge in [0.25, 0.3) is 0 Å². The highest BCUT2D eigenvalue weighted by Crippen LogP contribution is 2.52. The number of amides is 1. The van der Waals surface area contributed by atoms with Gasteiger partial charge in [-0.25, -0.2) is 0 Å². The van der Waals surface area contributed by atoms with E-state index in [1.165, 1.54) is 11.3 Å². The lowest BCUT2D eigenvalue weighted by Crippen LogP contribution is -2.68. The molecular weight excluding hydrogens is 376 g/mol. The van der Waals surface area contributed by atoms with Gasteiger partial charge in [0.15, 0.2) is 11.5 Å². The maximum absolute atomic E-state index is 12.5. The standard InChI is InChI=1S/C25H30N2O3/c1-17(2)30-21-11-10-18(16-22(21)29-5)12-14-25-24(3,4)19-8-6-7-9-20(19)27(25)15-13-23(28)26-25/h6-12,14,16-17H,13,15H2,1-5H3,(H,26,28)/b14-12+/t25-/m1/s1. The third-order valence-electron chi connectivity index (χ3n) is 6.21. The zero-order valence-corrected chi connectivity index (χ0v) is 18.4. The number of nitrogens with one attached hydrogen (secondary N) is 1. The zero-order chi connectivity index (χ0) is 21.5. The molecule has 1 saturated heterocycles. The lowest BCUT2D eigenvalue weighted by molar-refractivity contribution is -0.124. The van der Waals surface area contributed by atoms with Gasteiger partial charge in [0, 0.05) is 24.1 Å². The molecule has 0 saturated carbocycles. The van der Waals surface area contributed by atoms with Gasteiger partial charge in [-0.2, -0.15) is 0 Å². The van der Waals surface area contributed by atoms with Crippen LogP contribution in [0.4, 0.5) is 5.69 Å². The Hall–Kier alpha value is -2.95. The average molecular weight is 407 g/mol. The minimum atomic E-state index is -0.619. The second-order valence-corrected chi connectivity index (χ2v) is 8.77. The Morgan fingerprint density at radius 3 is 2.63 bits per heavy atom. The van der Waals surface area contributed by atoms with Crippen molar-refractivity contribution in [3.63, 3.8) is 0 Å². The van der Waals surface area contributed by atoms with Crippen molar-refractivity contribution >= 4 is 17.7 Å². The van der Waals surface area contributed by atoms with E-state index in [1.807, 2.05) is 32.0 Å². The predicted molar refractivity (Wildman–Crippen MR) is 120 cm³/mol. The summed E-state index contributed by atoms with van der Waals surface area (Å²) in [5.41, 5.74) is 2.51. The number of hydrogen-bond acceptors (Lipinski definition) is 4. The SMILES string of the molecule is COc1cc(/C=C/[C@@]23NC(=O)CCN2c2ccccc2C3(C)C)ccc1OC(C)C. The monoisotopic (exact) mass is 406 g/mol. The van der Waals surface area contributed by atoms with Crippen LogP contribution in [0.15, 0.2) is 48.5 Å². The molecule has 0 spiro atoms. The molecule has 0 radical (unpaired) electrons. The molecule has 1 N–H and O–H groups in total. The van der Waals surface area contributed by atoms with Crippen molar-refractivity contribution < 1.29 is 14.3 Å². The number of nitrogens with zero attached hydrogens (tertiary/aromatic N) is 1. The summed E-state index contributed by atoms with van der Waals surface area (Å²) in [6.07, 6.45) is 4.76. The summed E-state index contributed by atoms with van der Waals surface area (Å²) in [6.45, 7) is 9.07. The number of carbonyl (C=O) groups is 1. The van der Waals surface area contributed by atoms with Gasteiger partial charge in [-0.05, 0) is 49.2 Å². The molecule has 2 heterocycles. The number of methoxy groups -OCH3 is 1.